The van der Waals surface area contributed by atoms with Crippen molar-refractivity contribution in [2.75, 3.05) is 0 Å². The number of carbonyl (C=O) groups is 1. The lowest BCUT2D eigenvalue weighted by atomic mass is 9.88. The molecule has 0 amide bonds. The summed E-state index contributed by atoms with van der Waals surface area (Å²) >= 11 is 5.34. The number of ether oxygens (including phenoxy) is 2. The van der Waals surface area contributed by atoms with Crippen LogP contribution in [0.3, 0.4) is 0 Å². The molecule has 0 N–H and O–H groups in total. The molecule has 1 fully saturated rings. The highest BCUT2D eigenvalue weighted by molar-refractivity contribution is 9.10. The lowest BCUT2D eigenvalue weighted by molar-refractivity contribution is -0.160. The fourth-order valence-corrected chi connectivity index (χ4v) is 6.06. The average Bonchev–Trinajstić information content (AvgIpc) is 3.16. The zero-order chi connectivity index (χ0) is 20.3. The fourth-order valence-electron chi connectivity index (χ4n) is 4.48. The number of benzene rings is 1. The number of nitrogens with zero attached hydrogens (tertiary/aromatic N) is 1. The Morgan fingerprint density at radius 1 is 1.17 bits per heavy atom. The first-order valence-corrected chi connectivity index (χ1v) is 11.6. The van der Waals surface area contributed by atoms with Crippen LogP contribution in [0, 0.1) is 6.92 Å². The number of carbonyl (C=O) groups excluding carboxylic acids is 1. The van der Waals surface area contributed by atoms with Crippen LogP contribution in [0.1, 0.15) is 54.5 Å². The maximum Gasteiger partial charge on any atom is 0.342 e. The molecular formula is C23H22BrNO3S. The number of rotatable bonds is 2. The Kier molecular flexibility index (Phi) is 4.57. The Morgan fingerprint density at radius 2 is 1.90 bits per heavy atom. The summed E-state index contributed by atoms with van der Waals surface area (Å²) in [6.07, 6.45) is 3.83. The van der Waals surface area contributed by atoms with Crippen LogP contribution in [0.5, 0.6) is 0 Å². The standard InChI is InChI=1S/C23H22BrNO3S/c1-12-17(20-22(26)28-23(2,3)27-20)18(13-8-10-14(24)11-9-13)19-15-6-4-5-7-16(15)29-21(19)25-12/h8-11,20H,4-7H2,1-3H3. The summed E-state index contributed by atoms with van der Waals surface area (Å²) in [5.41, 5.74) is 5.20. The number of esters is 1. The molecule has 1 saturated heterocycles. The molecule has 150 valence electrons. The van der Waals surface area contributed by atoms with E-state index in [0.29, 0.717) is 0 Å². The highest BCUT2D eigenvalue weighted by Gasteiger charge is 2.44. The second-order valence-electron chi connectivity index (χ2n) is 8.20. The van der Waals surface area contributed by atoms with Gasteiger partial charge in [0.05, 0.1) is 0 Å². The third-order valence-electron chi connectivity index (χ3n) is 5.69. The number of aryl methyl sites for hydroxylation is 3. The van der Waals surface area contributed by atoms with Gasteiger partial charge in [0.2, 0.25) is 5.79 Å². The second-order valence-corrected chi connectivity index (χ2v) is 10.2. The molecular weight excluding hydrogens is 450 g/mol. The highest BCUT2D eigenvalue weighted by atomic mass is 79.9. The molecule has 2 aromatic heterocycles. The number of hydrogen-bond donors (Lipinski definition) is 0. The normalized spacial score (nSPS) is 20.7. The van der Waals surface area contributed by atoms with E-state index in [0.717, 1.165) is 44.5 Å². The Bertz CT molecular complexity index is 1130. The van der Waals surface area contributed by atoms with Crippen LogP contribution >= 0.6 is 27.3 Å². The fraction of sp³-hybridized carbons (Fsp3) is 0.391. The number of halogens is 1. The predicted molar refractivity (Wildman–Crippen MR) is 118 cm³/mol. The van der Waals surface area contributed by atoms with Gasteiger partial charge in [-0.3, -0.25) is 0 Å². The van der Waals surface area contributed by atoms with E-state index in [2.05, 4.69) is 28.1 Å². The highest BCUT2D eigenvalue weighted by Crippen LogP contribution is 2.47. The number of thiophene rings is 1. The molecule has 0 radical (unpaired) electrons. The van der Waals surface area contributed by atoms with E-state index >= 15 is 0 Å². The van der Waals surface area contributed by atoms with Crippen molar-refractivity contribution in [1.29, 1.82) is 0 Å². The molecule has 4 nitrogen and oxygen atoms in total. The van der Waals surface area contributed by atoms with Crippen LogP contribution in [0.4, 0.5) is 0 Å². The lowest BCUT2D eigenvalue weighted by Crippen LogP contribution is -2.20. The van der Waals surface area contributed by atoms with Crippen LogP contribution in [-0.2, 0) is 27.1 Å². The van der Waals surface area contributed by atoms with Gasteiger partial charge in [0.15, 0.2) is 6.10 Å². The van der Waals surface area contributed by atoms with Crippen molar-refractivity contribution in [3.63, 3.8) is 0 Å². The third kappa shape index (κ3) is 3.22. The summed E-state index contributed by atoms with van der Waals surface area (Å²) < 4.78 is 12.6. The van der Waals surface area contributed by atoms with E-state index in [1.165, 1.54) is 28.7 Å². The summed E-state index contributed by atoms with van der Waals surface area (Å²) in [7, 11) is 0. The molecule has 0 spiro atoms. The van der Waals surface area contributed by atoms with Crippen LogP contribution < -0.4 is 0 Å². The van der Waals surface area contributed by atoms with E-state index in [-0.39, 0.29) is 5.97 Å². The van der Waals surface area contributed by atoms with Gasteiger partial charge in [-0.05, 0) is 55.9 Å². The molecule has 29 heavy (non-hydrogen) atoms. The first kappa shape index (κ1) is 19.2. The Morgan fingerprint density at radius 3 is 2.59 bits per heavy atom. The van der Waals surface area contributed by atoms with E-state index < -0.39 is 11.9 Å². The monoisotopic (exact) mass is 471 g/mol. The zero-order valence-corrected chi connectivity index (χ0v) is 19.1. The second kappa shape index (κ2) is 6.89. The molecule has 3 heterocycles. The predicted octanol–water partition coefficient (Wildman–Crippen LogP) is 6.26. The van der Waals surface area contributed by atoms with E-state index in [1.807, 2.05) is 19.1 Å². The van der Waals surface area contributed by atoms with Crippen molar-refractivity contribution in [2.24, 2.45) is 0 Å². The average molecular weight is 472 g/mol. The number of cyclic esters (lactones) is 1. The Balaban J connectivity index is 1.84. The van der Waals surface area contributed by atoms with Crippen LogP contribution in [-0.4, -0.2) is 16.7 Å². The van der Waals surface area contributed by atoms with E-state index in [4.69, 9.17) is 14.5 Å². The SMILES string of the molecule is Cc1nc2sc3c(c2c(-c2ccc(Br)cc2)c1C1OC(C)(C)OC1=O)CCCC3. The number of hydrogen-bond acceptors (Lipinski definition) is 5. The van der Waals surface area contributed by atoms with Gasteiger partial charge >= 0.3 is 5.97 Å². The Hall–Kier alpha value is -1.76. The van der Waals surface area contributed by atoms with Crippen LogP contribution in [0.15, 0.2) is 28.7 Å². The van der Waals surface area contributed by atoms with E-state index in [9.17, 15) is 4.79 Å². The van der Waals surface area contributed by atoms with Gasteiger partial charge in [0.1, 0.15) is 4.83 Å². The number of fused-ring (bicyclic) bond motifs is 3. The summed E-state index contributed by atoms with van der Waals surface area (Å²) in [6.45, 7) is 5.52. The first-order chi connectivity index (χ1) is 13.8. The number of aromatic nitrogens is 1. The quantitative estimate of drug-likeness (QED) is 0.413. The smallest absolute Gasteiger partial charge is 0.342 e. The largest absolute Gasteiger partial charge is 0.431 e. The van der Waals surface area contributed by atoms with Gasteiger partial charge in [-0.25, -0.2) is 9.78 Å². The minimum atomic E-state index is -0.936. The van der Waals surface area contributed by atoms with Gasteiger partial charge < -0.3 is 9.47 Å². The molecule has 1 atom stereocenters. The van der Waals surface area contributed by atoms with Crippen molar-refractivity contribution in [3.8, 4) is 11.1 Å². The minimum absolute atomic E-state index is 0.346. The molecule has 5 rings (SSSR count). The van der Waals surface area contributed by atoms with Crippen molar-refractivity contribution in [2.45, 2.75) is 58.3 Å². The molecule has 0 saturated carbocycles. The molecule has 6 heteroatoms. The molecule has 2 aliphatic rings. The lowest BCUT2D eigenvalue weighted by Gasteiger charge is -2.20. The molecule has 1 aromatic carbocycles. The minimum Gasteiger partial charge on any atom is -0.431 e. The zero-order valence-electron chi connectivity index (χ0n) is 16.7. The molecule has 1 unspecified atom stereocenters. The van der Waals surface area contributed by atoms with Crippen molar-refractivity contribution < 1.29 is 14.3 Å². The van der Waals surface area contributed by atoms with Gasteiger partial charge in [0, 0.05) is 45.4 Å². The van der Waals surface area contributed by atoms with Crippen molar-refractivity contribution in [3.05, 3.63) is 50.4 Å². The maximum absolute atomic E-state index is 12.8. The molecule has 3 aromatic rings. The van der Waals surface area contributed by atoms with Gasteiger partial charge in [-0.1, -0.05) is 28.1 Å². The maximum atomic E-state index is 12.8. The number of pyridine rings is 1. The van der Waals surface area contributed by atoms with Crippen LogP contribution in [0.2, 0.25) is 0 Å². The van der Waals surface area contributed by atoms with Gasteiger partial charge in [-0.2, -0.15) is 0 Å². The molecule has 1 aliphatic heterocycles. The van der Waals surface area contributed by atoms with Crippen molar-refractivity contribution >= 4 is 43.5 Å². The van der Waals surface area contributed by atoms with E-state index in [1.54, 1.807) is 25.2 Å². The summed E-state index contributed by atoms with van der Waals surface area (Å²) in [6, 6.07) is 8.27. The summed E-state index contributed by atoms with van der Waals surface area (Å²) in [5, 5.41) is 1.19. The third-order valence-corrected chi connectivity index (χ3v) is 7.40. The summed E-state index contributed by atoms with van der Waals surface area (Å²) in [4.78, 5) is 20.2. The van der Waals surface area contributed by atoms with Crippen LogP contribution in [0.25, 0.3) is 21.3 Å². The summed E-state index contributed by atoms with van der Waals surface area (Å²) in [5.74, 6) is -1.28. The molecule has 1 aliphatic carbocycles. The first-order valence-electron chi connectivity index (χ1n) is 9.95. The Labute approximate surface area is 182 Å². The van der Waals surface area contributed by atoms with Gasteiger partial charge in [0.25, 0.3) is 0 Å². The van der Waals surface area contributed by atoms with Crippen molar-refractivity contribution in [1.82, 2.24) is 4.98 Å². The molecule has 0 bridgehead atoms. The van der Waals surface area contributed by atoms with Gasteiger partial charge in [-0.15, -0.1) is 11.3 Å². The topological polar surface area (TPSA) is 48.4 Å².